The van der Waals surface area contributed by atoms with E-state index in [-0.39, 0.29) is 51.4 Å². The summed E-state index contributed by atoms with van der Waals surface area (Å²) in [6, 6.07) is 0. The molecule has 1 saturated heterocycles. The summed E-state index contributed by atoms with van der Waals surface area (Å²) in [6.07, 6.45) is 0.821. The van der Waals surface area contributed by atoms with Crippen LogP contribution in [0.25, 0.3) is 0 Å². The molecule has 0 amide bonds. The van der Waals surface area contributed by atoms with Crippen molar-refractivity contribution in [2.75, 3.05) is 13.1 Å². The predicted octanol–water partition coefficient (Wildman–Crippen LogP) is -3.84. The zero-order valence-electron chi connectivity index (χ0n) is 5.20. The first-order valence-corrected chi connectivity index (χ1v) is 3.68. The van der Waals surface area contributed by atoms with Crippen LogP contribution in [0.1, 0.15) is 6.42 Å². The molecule has 1 fully saturated rings. The minimum Gasteiger partial charge on any atom is -0.735 e. The number of hydrogen-bond donors (Lipinski definition) is 0. The molecule has 1 aliphatic rings. The Balaban J connectivity index is 0.000000640. The minimum atomic E-state index is -4.08. The Bertz CT molecular complexity index is 173. The zero-order chi connectivity index (χ0) is 6.20. The van der Waals surface area contributed by atoms with Crippen LogP contribution in [0.15, 0.2) is 0 Å². The van der Waals surface area contributed by atoms with E-state index in [1.807, 2.05) is 0 Å². The van der Waals surface area contributed by atoms with Crippen molar-refractivity contribution >= 4 is 10.3 Å². The van der Waals surface area contributed by atoms with Crippen molar-refractivity contribution in [3.63, 3.8) is 0 Å². The SMILES string of the molecule is O=S(=O)([O-])N1CCC1.[K+]. The fourth-order valence-electron chi connectivity index (χ4n) is 0.511. The van der Waals surface area contributed by atoms with E-state index in [2.05, 4.69) is 0 Å². The second-order valence-electron chi connectivity index (χ2n) is 1.71. The molecule has 6 heteroatoms. The molecule has 0 saturated carbocycles. The van der Waals surface area contributed by atoms with Crippen LogP contribution in [0.5, 0.6) is 0 Å². The van der Waals surface area contributed by atoms with E-state index < -0.39 is 10.3 Å². The van der Waals surface area contributed by atoms with Gasteiger partial charge < -0.3 is 4.55 Å². The molecule has 9 heavy (non-hydrogen) atoms. The molecule has 1 rings (SSSR count). The Hall–Kier alpha value is 1.51. The van der Waals surface area contributed by atoms with Gasteiger partial charge in [-0.05, 0) is 6.42 Å². The van der Waals surface area contributed by atoms with Crippen LogP contribution in [0, 0.1) is 0 Å². The third kappa shape index (κ3) is 2.94. The molecular formula is C3H6KNO3S. The molecule has 0 atom stereocenters. The molecule has 0 N–H and O–H groups in total. The molecule has 1 heterocycles. The van der Waals surface area contributed by atoms with Gasteiger partial charge in [0.25, 0.3) is 0 Å². The summed E-state index contributed by atoms with van der Waals surface area (Å²) in [4.78, 5) is 0. The largest absolute Gasteiger partial charge is 1.00 e. The second kappa shape index (κ2) is 3.77. The molecule has 0 spiro atoms. The fourth-order valence-corrected chi connectivity index (χ4v) is 1.22. The maximum atomic E-state index is 9.98. The standard InChI is InChI=1S/C3H7NO3S.K/c5-8(6,7)4-2-1-3-4;/h1-3H2,(H,5,6,7);/q;+1/p-1. The summed E-state index contributed by atoms with van der Waals surface area (Å²) < 4.78 is 30.9. The van der Waals surface area contributed by atoms with Crippen molar-refractivity contribution in [1.29, 1.82) is 0 Å². The first-order chi connectivity index (χ1) is 3.61. The van der Waals surface area contributed by atoms with Crippen molar-refractivity contribution in [3.8, 4) is 0 Å². The van der Waals surface area contributed by atoms with E-state index >= 15 is 0 Å². The van der Waals surface area contributed by atoms with Gasteiger partial charge in [-0.3, -0.25) is 0 Å². The third-order valence-electron chi connectivity index (χ3n) is 1.13. The molecule has 48 valence electrons. The van der Waals surface area contributed by atoms with Crippen LogP contribution < -0.4 is 51.4 Å². The molecule has 0 aliphatic carbocycles. The maximum Gasteiger partial charge on any atom is 1.00 e. The number of hydrogen-bond acceptors (Lipinski definition) is 3. The third-order valence-corrected chi connectivity index (χ3v) is 2.13. The molecule has 0 aromatic carbocycles. The Morgan fingerprint density at radius 1 is 1.33 bits per heavy atom. The van der Waals surface area contributed by atoms with E-state index in [1.54, 1.807) is 0 Å². The topological polar surface area (TPSA) is 60.4 Å². The van der Waals surface area contributed by atoms with E-state index in [0.717, 1.165) is 10.7 Å². The normalized spacial score (nSPS) is 20.1. The Morgan fingerprint density at radius 2 is 1.78 bits per heavy atom. The summed E-state index contributed by atoms with van der Waals surface area (Å²) in [5.74, 6) is 0. The van der Waals surface area contributed by atoms with Gasteiger partial charge in [-0.25, -0.2) is 12.7 Å². The van der Waals surface area contributed by atoms with Gasteiger partial charge in [0.2, 0.25) is 0 Å². The first-order valence-electron chi connectivity index (χ1n) is 2.32. The van der Waals surface area contributed by atoms with Gasteiger partial charge in [0.1, 0.15) is 0 Å². The summed E-state index contributed by atoms with van der Waals surface area (Å²) in [6.45, 7) is 0.817. The summed E-state index contributed by atoms with van der Waals surface area (Å²) in [7, 11) is -4.08. The van der Waals surface area contributed by atoms with Gasteiger partial charge in [0.15, 0.2) is 10.3 Å². The molecular weight excluding hydrogens is 169 g/mol. The van der Waals surface area contributed by atoms with E-state index in [1.165, 1.54) is 0 Å². The molecule has 0 radical (unpaired) electrons. The molecule has 0 aromatic rings. The van der Waals surface area contributed by atoms with Crippen molar-refractivity contribution < 1.29 is 64.4 Å². The summed E-state index contributed by atoms with van der Waals surface area (Å²) in [5, 5.41) is 0. The minimum absolute atomic E-state index is 0. The predicted molar refractivity (Wildman–Crippen MR) is 25.9 cm³/mol. The van der Waals surface area contributed by atoms with Gasteiger partial charge in [0, 0.05) is 13.1 Å². The maximum absolute atomic E-state index is 9.98. The second-order valence-corrected chi connectivity index (χ2v) is 3.08. The monoisotopic (exact) mass is 175 g/mol. The average Bonchev–Trinajstić information content (AvgIpc) is 1.16. The fraction of sp³-hybridized carbons (Fsp3) is 1.00. The summed E-state index contributed by atoms with van der Waals surface area (Å²) >= 11 is 0. The molecule has 4 nitrogen and oxygen atoms in total. The van der Waals surface area contributed by atoms with Crippen molar-refractivity contribution in [2.24, 2.45) is 0 Å². The smallest absolute Gasteiger partial charge is 0.735 e. The Morgan fingerprint density at radius 3 is 1.78 bits per heavy atom. The van der Waals surface area contributed by atoms with Crippen LogP contribution >= 0.6 is 0 Å². The summed E-state index contributed by atoms with van der Waals surface area (Å²) in [5.41, 5.74) is 0. The van der Waals surface area contributed by atoms with Gasteiger partial charge in [-0.15, -0.1) is 0 Å². The van der Waals surface area contributed by atoms with Crippen LogP contribution in [-0.2, 0) is 10.3 Å². The molecule has 0 bridgehead atoms. The quantitative estimate of drug-likeness (QED) is 0.303. The molecule has 0 unspecified atom stereocenters. The Labute approximate surface area is 96.9 Å². The van der Waals surface area contributed by atoms with Crippen molar-refractivity contribution in [1.82, 2.24) is 4.31 Å². The van der Waals surface area contributed by atoms with Crippen LogP contribution in [0.4, 0.5) is 0 Å². The van der Waals surface area contributed by atoms with Crippen LogP contribution in [0.2, 0.25) is 0 Å². The van der Waals surface area contributed by atoms with Gasteiger partial charge in [-0.2, -0.15) is 0 Å². The molecule has 0 aromatic heterocycles. The van der Waals surface area contributed by atoms with E-state index in [4.69, 9.17) is 0 Å². The van der Waals surface area contributed by atoms with Gasteiger partial charge >= 0.3 is 51.4 Å². The number of rotatable bonds is 1. The number of nitrogens with zero attached hydrogens (tertiary/aromatic N) is 1. The molecule has 1 aliphatic heterocycles. The first kappa shape index (κ1) is 10.5. The van der Waals surface area contributed by atoms with Gasteiger partial charge in [-0.1, -0.05) is 0 Å². The van der Waals surface area contributed by atoms with Crippen LogP contribution in [0.3, 0.4) is 0 Å². The van der Waals surface area contributed by atoms with Crippen molar-refractivity contribution in [3.05, 3.63) is 0 Å². The zero-order valence-corrected chi connectivity index (χ0v) is 9.14. The van der Waals surface area contributed by atoms with Crippen molar-refractivity contribution in [2.45, 2.75) is 6.42 Å². The van der Waals surface area contributed by atoms with E-state index in [0.29, 0.717) is 13.1 Å². The van der Waals surface area contributed by atoms with E-state index in [9.17, 15) is 13.0 Å². The van der Waals surface area contributed by atoms with Crippen LogP contribution in [-0.4, -0.2) is 30.4 Å². The average molecular weight is 175 g/mol. The van der Waals surface area contributed by atoms with Gasteiger partial charge in [0.05, 0.1) is 0 Å². The Kier molecular flexibility index (Phi) is 4.40.